The van der Waals surface area contributed by atoms with Crippen LogP contribution in [-0.2, 0) is 9.59 Å². The number of nitrogens with zero attached hydrogens (tertiary/aromatic N) is 1. The van der Waals surface area contributed by atoms with E-state index in [9.17, 15) is 14.7 Å². The van der Waals surface area contributed by atoms with Crippen molar-refractivity contribution in [1.82, 2.24) is 10.5 Å². The van der Waals surface area contributed by atoms with Gasteiger partial charge >= 0.3 is 0 Å². The third kappa shape index (κ3) is 4.59. The van der Waals surface area contributed by atoms with E-state index in [1.165, 1.54) is 12.3 Å². The Morgan fingerprint density at radius 3 is 2.00 bits per heavy atom. The first kappa shape index (κ1) is 18.3. The van der Waals surface area contributed by atoms with Gasteiger partial charge in [0.25, 0.3) is 5.91 Å². The Morgan fingerprint density at radius 2 is 1.52 bits per heavy atom. The number of aromatic nitrogens is 1. The van der Waals surface area contributed by atoms with Crippen LogP contribution in [0.1, 0.15) is 17.0 Å². The number of hydrogen-bond donors (Lipinski definition) is 3. The number of carbonyl (C=O) groups is 2. The Hall–Kier alpha value is -3.45. The molecule has 3 rings (SSSR count). The summed E-state index contributed by atoms with van der Waals surface area (Å²) in [6, 6.07) is 18.9. The van der Waals surface area contributed by atoms with Gasteiger partial charge in [0.2, 0.25) is 5.91 Å². The lowest BCUT2D eigenvalue weighted by atomic mass is 9.90. The quantitative estimate of drug-likeness (QED) is 0.593. The van der Waals surface area contributed by atoms with Gasteiger partial charge < -0.3 is 20.3 Å². The molecular weight excluding hydrogens is 346 g/mol. The standard InChI is InChI=1S/C20H19N3O4/c24-13-16(19(25)22-17-11-12-27-23-17)21-20(26)18(14-7-3-1-4-8-14)15-9-5-2-6-10-15/h1-12,16,18,24H,13H2,(H,21,26)(H,22,23,25)/t16-/m0/s1. The van der Waals surface area contributed by atoms with E-state index < -0.39 is 24.5 Å². The van der Waals surface area contributed by atoms with Crippen molar-refractivity contribution >= 4 is 17.6 Å². The van der Waals surface area contributed by atoms with Gasteiger partial charge in [-0.3, -0.25) is 9.59 Å². The second kappa shape index (κ2) is 8.77. The van der Waals surface area contributed by atoms with Crippen molar-refractivity contribution in [3.05, 3.63) is 84.1 Å². The molecule has 0 radical (unpaired) electrons. The van der Waals surface area contributed by atoms with Crippen molar-refractivity contribution in [3.63, 3.8) is 0 Å². The number of nitrogens with one attached hydrogen (secondary N) is 2. The molecule has 0 spiro atoms. The van der Waals surface area contributed by atoms with Gasteiger partial charge in [0, 0.05) is 6.07 Å². The molecule has 1 heterocycles. The largest absolute Gasteiger partial charge is 0.394 e. The molecular formula is C20H19N3O4. The number of amides is 2. The number of aliphatic hydroxyl groups is 1. The first-order valence-corrected chi connectivity index (χ1v) is 8.41. The highest BCUT2D eigenvalue weighted by Crippen LogP contribution is 2.24. The molecule has 2 amide bonds. The van der Waals surface area contributed by atoms with E-state index in [0.717, 1.165) is 11.1 Å². The van der Waals surface area contributed by atoms with Crippen LogP contribution in [0.25, 0.3) is 0 Å². The van der Waals surface area contributed by atoms with Gasteiger partial charge in [0.1, 0.15) is 12.3 Å². The highest BCUT2D eigenvalue weighted by atomic mass is 16.5. The van der Waals surface area contributed by atoms with Gasteiger partial charge in [-0.1, -0.05) is 65.8 Å². The van der Waals surface area contributed by atoms with Gasteiger partial charge in [0.15, 0.2) is 5.82 Å². The number of anilines is 1. The summed E-state index contributed by atoms with van der Waals surface area (Å²) in [5, 5.41) is 18.3. The summed E-state index contributed by atoms with van der Waals surface area (Å²) in [6.07, 6.45) is 1.31. The minimum absolute atomic E-state index is 0.204. The average Bonchev–Trinajstić information content (AvgIpc) is 3.21. The van der Waals surface area contributed by atoms with Crippen LogP contribution in [0.2, 0.25) is 0 Å². The molecule has 0 fully saturated rings. The van der Waals surface area contributed by atoms with E-state index in [0.29, 0.717) is 0 Å². The van der Waals surface area contributed by atoms with Crippen molar-refractivity contribution in [3.8, 4) is 0 Å². The van der Waals surface area contributed by atoms with Crippen molar-refractivity contribution in [2.45, 2.75) is 12.0 Å². The van der Waals surface area contributed by atoms with Crippen LogP contribution in [0.15, 0.2) is 77.5 Å². The lowest BCUT2D eigenvalue weighted by Gasteiger charge is -2.21. The molecule has 2 aromatic carbocycles. The maximum absolute atomic E-state index is 13.0. The van der Waals surface area contributed by atoms with Crippen molar-refractivity contribution in [1.29, 1.82) is 0 Å². The third-order valence-corrected chi connectivity index (χ3v) is 4.03. The molecule has 138 valence electrons. The number of benzene rings is 2. The van der Waals surface area contributed by atoms with E-state index in [2.05, 4.69) is 20.3 Å². The topological polar surface area (TPSA) is 104 Å². The maximum atomic E-state index is 13.0. The summed E-state index contributed by atoms with van der Waals surface area (Å²) in [7, 11) is 0. The molecule has 3 N–H and O–H groups in total. The highest BCUT2D eigenvalue weighted by molar-refractivity contribution is 5.98. The Morgan fingerprint density at radius 1 is 0.926 bits per heavy atom. The molecule has 27 heavy (non-hydrogen) atoms. The Kier molecular flexibility index (Phi) is 5.96. The van der Waals surface area contributed by atoms with Crippen molar-refractivity contribution in [2.75, 3.05) is 11.9 Å². The van der Waals surface area contributed by atoms with Crippen molar-refractivity contribution in [2.24, 2.45) is 0 Å². The van der Waals surface area contributed by atoms with Gasteiger partial charge in [-0.15, -0.1) is 0 Å². The lowest BCUT2D eigenvalue weighted by molar-refractivity contribution is -0.127. The average molecular weight is 365 g/mol. The van der Waals surface area contributed by atoms with Gasteiger partial charge in [-0.25, -0.2) is 0 Å². The van der Waals surface area contributed by atoms with E-state index in [-0.39, 0.29) is 11.7 Å². The fourth-order valence-corrected chi connectivity index (χ4v) is 2.73. The number of rotatable bonds is 7. The summed E-state index contributed by atoms with van der Waals surface area (Å²) in [5.74, 6) is -1.38. The van der Waals surface area contributed by atoms with Crippen LogP contribution >= 0.6 is 0 Å². The number of carbonyl (C=O) groups excluding carboxylic acids is 2. The molecule has 0 saturated heterocycles. The van der Waals surface area contributed by atoms with E-state index in [4.69, 9.17) is 0 Å². The zero-order valence-electron chi connectivity index (χ0n) is 14.4. The minimum atomic E-state index is -1.12. The fourth-order valence-electron chi connectivity index (χ4n) is 2.73. The summed E-state index contributed by atoms with van der Waals surface area (Å²) in [6.45, 7) is -0.550. The second-order valence-electron chi connectivity index (χ2n) is 5.87. The van der Waals surface area contributed by atoms with Crippen LogP contribution < -0.4 is 10.6 Å². The van der Waals surface area contributed by atoms with Crippen LogP contribution in [-0.4, -0.2) is 34.7 Å². The molecule has 1 aromatic heterocycles. The summed E-state index contributed by atoms with van der Waals surface area (Å²) >= 11 is 0. The molecule has 0 saturated carbocycles. The predicted octanol–water partition coefficient (Wildman–Crippen LogP) is 1.92. The SMILES string of the molecule is O=C(N[C@@H](CO)C(=O)Nc1ccon1)C(c1ccccc1)c1ccccc1. The van der Waals surface area contributed by atoms with Gasteiger partial charge in [-0.2, -0.15) is 0 Å². The molecule has 7 nitrogen and oxygen atoms in total. The third-order valence-electron chi connectivity index (χ3n) is 4.03. The normalized spacial score (nSPS) is 11.8. The molecule has 0 aliphatic heterocycles. The summed E-state index contributed by atoms with van der Waals surface area (Å²) < 4.78 is 4.65. The maximum Gasteiger partial charge on any atom is 0.250 e. The van der Waals surface area contributed by atoms with Crippen LogP contribution in [0.3, 0.4) is 0 Å². The van der Waals surface area contributed by atoms with Crippen LogP contribution in [0, 0.1) is 0 Å². The molecule has 0 bridgehead atoms. The van der Waals surface area contributed by atoms with Crippen LogP contribution in [0.4, 0.5) is 5.82 Å². The Balaban J connectivity index is 1.80. The van der Waals surface area contributed by atoms with Crippen LogP contribution in [0.5, 0.6) is 0 Å². The number of hydrogen-bond acceptors (Lipinski definition) is 5. The minimum Gasteiger partial charge on any atom is -0.394 e. The smallest absolute Gasteiger partial charge is 0.250 e. The Labute approximate surface area is 156 Å². The second-order valence-corrected chi connectivity index (χ2v) is 5.87. The summed E-state index contributed by atoms with van der Waals surface area (Å²) in [4.78, 5) is 25.3. The predicted molar refractivity (Wildman–Crippen MR) is 98.9 cm³/mol. The monoisotopic (exact) mass is 365 g/mol. The molecule has 3 aromatic rings. The fraction of sp³-hybridized carbons (Fsp3) is 0.150. The molecule has 7 heteroatoms. The molecule has 0 aliphatic carbocycles. The molecule has 1 atom stereocenters. The van der Waals surface area contributed by atoms with E-state index in [1.807, 2.05) is 60.7 Å². The highest BCUT2D eigenvalue weighted by Gasteiger charge is 2.27. The number of aliphatic hydroxyl groups excluding tert-OH is 1. The van der Waals surface area contributed by atoms with E-state index >= 15 is 0 Å². The Bertz CT molecular complexity index is 827. The van der Waals surface area contributed by atoms with E-state index in [1.54, 1.807) is 0 Å². The first-order valence-electron chi connectivity index (χ1n) is 8.41. The van der Waals surface area contributed by atoms with Crippen molar-refractivity contribution < 1.29 is 19.2 Å². The van der Waals surface area contributed by atoms with Gasteiger partial charge in [-0.05, 0) is 11.1 Å². The van der Waals surface area contributed by atoms with Gasteiger partial charge in [0.05, 0.1) is 12.5 Å². The molecule has 0 aliphatic rings. The first-order chi connectivity index (χ1) is 13.2. The zero-order chi connectivity index (χ0) is 19.1. The zero-order valence-corrected chi connectivity index (χ0v) is 14.4. The molecule has 0 unspecified atom stereocenters. The lowest BCUT2D eigenvalue weighted by Crippen LogP contribution is -2.48. The summed E-state index contributed by atoms with van der Waals surface area (Å²) in [5.41, 5.74) is 1.57.